The van der Waals surface area contributed by atoms with Gasteiger partial charge in [0.2, 0.25) is 0 Å². The third-order valence-electron chi connectivity index (χ3n) is 2.65. The Labute approximate surface area is 109 Å². The van der Waals surface area contributed by atoms with Crippen molar-refractivity contribution < 1.29 is 22.7 Å². The van der Waals surface area contributed by atoms with Crippen LogP contribution in [0, 0.1) is 0 Å². The number of halogens is 3. The van der Waals surface area contributed by atoms with Gasteiger partial charge in [-0.05, 0) is 37.6 Å². The summed E-state index contributed by atoms with van der Waals surface area (Å²) in [5.41, 5.74) is 2.10. The van der Waals surface area contributed by atoms with Gasteiger partial charge < -0.3 is 10.5 Å². The highest BCUT2D eigenvalue weighted by Crippen LogP contribution is 2.31. The standard InChI is InChI=1S/C13H16F3NO2/c1-3-8-19-10-6-4-9(5-7-10)11(18)12(2,17)13(14,15)16/h4-7H,3,8,17H2,1-2H3. The third-order valence-corrected chi connectivity index (χ3v) is 2.65. The summed E-state index contributed by atoms with van der Waals surface area (Å²) < 4.78 is 43.2. The van der Waals surface area contributed by atoms with Gasteiger partial charge in [-0.1, -0.05) is 6.92 Å². The van der Waals surface area contributed by atoms with Gasteiger partial charge in [-0.15, -0.1) is 0 Å². The Kier molecular flexibility index (Phi) is 4.57. The minimum Gasteiger partial charge on any atom is -0.494 e. The zero-order valence-electron chi connectivity index (χ0n) is 10.8. The zero-order valence-corrected chi connectivity index (χ0v) is 10.8. The van der Waals surface area contributed by atoms with Crippen LogP contribution in [0.3, 0.4) is 0 Å². The first-order chi connectivity index (χ1) is 8.70. The Balaban J connectivity index is 2.90. The Morgan fingerprint density at radius 3 is 2.21 bits per heavy atom. The molecule has 0 heterocycles. The van der Waals surface area contributed by atoms with Crippen molar-refractivity contribution in [3.05, 3.63) is 29.8 Å². The molecule has 0 saturated carbocycles. The fourth-order valence-electron chi connectivity index (χ4n) is 1.35. The largest absolute Gasteiger partial charge is 0.494 e. The van der Waals surface area contributed by atoms with Crippen molar-refractivity contribution in [2.75, 3.05) is 6.61 Å². The molecule has 1 aromatic rings. The lowest BCUT2D eigenvalue weighted by atomic mass is 9.91. The summed E-state index contributed by atoms with van der Waals surface area (Å²) in [6, 6.07) is 5.47. The average molecular weight is 275 g/mol. The van der Waals surface area contributed by atoms with Gasteiger partial charge in [0.05, 0.1) is 6.61 Å². The van der Waals surface area contributed by atoms with E-state index in [1.165, 1.54) is 24.3 Å². The molecular formula is C13H16F3NO2. The first-order valence-electron chi connectivity index (χ1n) is 5.83. The molecule has 6 heteroatoms. The SMILES string of the molecule is CCCOc1ccc(C(=O)C(C)(N)C(F)(F)F)cc1. The summed E-state index contributed by atoms with van der Waals surface area (Å²) in [6.45, 7) is 3.10. The maximum Gasteiger partial charge on any atom is 0.413 e. The molecule has 1 rings (SSSR count). The predicted molar refractivity (Wildman–Crippen MR) is 65.2 cm³/mol. The first kappa shape index (κ1) is 15.5. The van der Waals surface area contributed by atoms with E-state index in [0.29, 0.717) is 19.3 Å². The molecular weight excluding hydrogens is 259 g/mol. The molecule has 0 saturated heterocycles. The van der Waals surface area contributed by atoms with Crippen LogP contribution in [0.1, 0.15) is 30.6 Å². The fraction of sp³-hybridized carbons (Fsp3) is 0.462. The van der Waals surface area contributed by atoms with Crippen molar-refractivity contribution in [2.45, 2.75) is 32.0 Å². The first-order valence-corrected chi connectivity index (χ1v) is 5.83. The van der Waals surface area contributed by atoms with E-state index in [1.807, 2.05) is 6.92 Å². The van der Waals surface area contributed by atoms with Crippen LogP contribution in [0.15, 0.2) is 24.3 Å². The van der Waals surface area contributed by atoms with Gasteiger partial charge in [0.25, 0.3) is 0 Å². The molecule has 0 radical (unpaired) electrons. The minimum atomic E-state index is -4.79. The number of carbonyl (C=O) groups excluding carboxylic acids is 1. The van der Waals surface area contributed by atoms with Crippen LogP contribution in [0.2, 0.25) is 0 Å². The predicted octanol–water partition coefficient (Wildman–Crippen LogP) is 2.94. The number of benzene rings is 1. The molecule has 1 aromatic carbocycles. The van der Waals surface area contributed by atoms with Crippen LogP contribution in [-0.4, -0.2) is 24.1 Å². The van der Waals surface area contributed by atoms with Crippen LogP contribution < -0.4 is 10.5 Å². The highest BCUT2D eigenvalue weighted by Gasteiger charge is 2.53. The molecule has 0 aliphatic heterocycles. The summed E-state index contributed by atoms with van der Waals surface area (Å²) in [6.07, 6.45) is -3.98. The molecule has 106 valence electrons. The van der Waals surface area contributed by atoms with Gasteiger partial charge in [-0.3, -0.25) is 4.79 Å². The number of hydrogen-bond acceptors (Lipinski definition) is 3. The van der Waals surface area contributed by atoms with Crippen molar-refractivity contribution in [1.82, 2.24) is 0 Å². The average Bonchev–Trinajstić information content (AvgIpc) is 2.34. The molecule has 19 heavy (non-hydrogen) atoms. The second kappa shape index (κ2) is 5.61. The van der Waals surface area contributed by atoms with E-state index in [0.717, 1.165) is 6.42 Å². The van der Waals surface area contributed by atoms with Gasteiger partial charge in [-0.25, -0.2) is 0 Å². The van der Waals surface area contributed by atoms with Crippen LogP contribution >= 0.6 is 0 Å². The highest BCUT2D eigenvalue weighted by atomic mass is 19.4. The minimum absolute atomic E-state index is 0.0915. The Bertz CT molecular complexity index is 438. The van der Waals surface area contributed by atoms with Crippen LogP contribution in [0.5, 0.6) is 5.75 Å². The Morgan fingerprint density at radius 2 is 1.79 bits per heavy atom. The van der Waals surface area contributed by atoms with Crippen LogP contribution in [0.4, 0.5) is 13.2 Å². The second-order valence-corrected chi connectivity index (χ2v) is 4.40. The molecule has 0 aromatic heterocycles. The Hall–Kier alpha value is -1.56. The summed E-state index contributed by atoms with van der Waals surface area (Å²) >= 11 is 0. The topological polar surface area (TPSA) is 52.3 Å². The highest BCUT2D eigenvalue weighted by molar-refractivity contribution is 6.03. The molecule has 0 fully saturated rings. The van der Waals surface area contributed by atoms with E-state index in [-0.39, 0.29) is 5.56 Å². The molecule has 0 aliphatic carbocycles. The van der Waals surface area contributed by atoms with Gasteiger partial charge in [-0.2, -0.15) is 13.2 Å². The van der Waals surface area contributed by atoms with Crippen molar-refractivity contribution in [2.24, 2.45) is 5.73 Å². The molecule has 0 bridgehead atoms. The zero-order chi connectivity index (χ0) is 14.7. The normalized spacial score (nSPS) is 14.8. The lowest BCUT2D eigenvalue weighted by Crippen LogP contribution is -2.57. The number of ether oxygens (including phenoxy) is 1. The number of carbonyl (C=O) groups is 1. The van der Waals surface area contributed by atoms with E-state index >= 15 is 0 Å². The van der Waals surface area contributed by atoms with Crippen LogP contribution in [-0.2, 0) is 0 Å². The molecule has 0 spiro atoms. The van der Waals surface area contributed by atoms with Crippen molar-refractivity contribution in [1.29, 1.82) is 0 Å². The molecule has 1 unspecified atom stereocenters. The van der Waals surface area contributed by atoms with Gasteiger partial charge in [0.15, 0.2) is 11.3 Å². The smallest absolute Gasteiger partial charge is 0.413 e. The molecule has 2 N–H and O–H groups in total. The Morgan fingerprint density at radius 1 is 1.26 bits per heavy atom. The molecule has 3 nitrogen and oxygen atoms in total. The molecule has 1 atom stereocenters. The summed E-state index contributed by atoms with van der Waals surface area (Å²) in [5.74, 6) is -0.661. The van der Waals surface area contributed by atoms with Crippen LogP contribution in [0.25, 0.3) is 0 Å². The van der Waals surface area contributed by atoms with E-state index in [9.17, 15) is 18.0 Å². The van der Waals surface area contributed by atoms with E-state index < -0.39 is 17.5 Å². The molecule has 0 amide bonds. The van der Waals surface area contributed by atoms with E-state index in [1.54, 1.807) is 0 Å². The number of hydrogen-bond donors (Lipinski definition) is 1. The van der Waals surface area contributed by atoms with E-state index in [4.69, 9.17) is 10.5 Å². The summed E-state index contributed by atoms with van der Waals surface area (Å²) in [5, 5.41) is 0. The summed E-state index contributed by atoms with van der Waals surface area (Å²) in [4.78, 5) is 11.8. The van der Waals surface area contributed by atoms with Crippen molar-refractivity contribution in [3.8, 4) is 5.75 Å². The number of rotatable bonds is 5. The van der Waals surface area contributed by atoms with Crippen molar-refractivity contribution in [3.63, 3.8) is 0 Å². The maximum absolute atomic E-state index is 12.6. The second-order valence-electron chi connectivity index (χ2n) is 4.40. The lowest BCUT2D eigenvalue weighted by Gasteiger charge is -2.25. The monoisotopic (exact) mass is 275 g/mol. The van der Waals surface area contributed by atoms with Crippen molar-refractivity contribution >= 4 is 5.78 Å². The summed E-state index contributed by atoms with van der Waals surface area (Å²) in [7, 11) is 0. The molecule has 0 aliphatic rings. The third kappa shape index (κ3) is 3.47. The quantitative estimate of drug-likeness (QED) is 0.840. The number of alkyl halides is 3. The maximum atomic E-state index is 12.6. The number of ketones is 1. The van der Waals surface area contributed by atoms with Gasteiger partial charge >= 0.3 is 6.18 Å². The fourth-order valence-corrected chi connectivity index (χ4v) is 1.35. The van der Waals surface area contributed by atoms with Gasteiger partial charge in [0, 0.05) is 5.56 Å². The lowest BCUT2D eigenvalue weighted by molar-refractivity contribution is -0.165. The number of nitrogens with two attached hydrogens (primary N) is 1. The number of Topliss-reactive ketones (excluding diaryl/α,β-unsaturated/α-hetero) is 1. The van der Waals surface area contributed by atoms with E-state index in [2.05, 4.69) is 0 Å². The van der Waals surface area contributed by atoms with Gasteiger partial charge in [0.1, 0.15) is 5.75 Å².